The molecule has 0 N–H and O–H groups in total. The first-order valence-corrected chi connectivity index (χ1v) is 6.61. The van der Waals surface area contributed by atoms with Gasteiger partial charge in [0, 0.05) is 5.56 Å². The molecule has 0 unspecified atom stereocenters. The Morgan fingerprint density at radius 2 is 1.55 bits per heavy atom. The first kappa shape index (κ1) is 14.1. The fraction of sp³-hybridized carbons (Fsp3) is 0.235. The molecular weight excluding hydrogens is 252 g/mol. The van der Waals surface area contributed by atoms with E-state index in [1.54, 1.807) is 24.3 Å². The quantitative estimate of drug-likeness (QED) is 0.748. The minimum Gasteiger partial charge on any atom is -0.491 e. The van der Waals surface area contributed by atoms with Crippen molar-refractivity contribution in [2.24, 2.45) is 0 Å². The second-order valence-corrected chi connectivity index (χ2v) is 4.79. The molecule has 0 radical (unpaired) electrons. The summed E-state index contributed by atoms with van der Waals surface area (Å²) < 4.78 is 11.2. The van der Waals surface area contributed by atoms with E-state index < -0.39 is 0 Å². The van der Waals surface area contributed by atoms with Gasteiger partial charge in [0.05, 0.1) is 6.10 Å². The van der Waals surface area contributed by atoms with Crippen molar-refractivity contribution in [2.75, 3.05) is 0 Å². The van der Waals surface area contributed by atoms with Crippen molar-refractivity contribution in [3.05, 3.63) is 59.7 Å². The molecule has 0 aliphatic carbocycles. The van der Waals surface area contributed by atoms with Crippen LogP contribution in [0.1, 0.15) is 29.8 Å². The van der Waals surface area contributed by atoms with Gasteiger partial charge in [-0.1, -0.05) is 12.1 Å². The third-order valence-corrected chi connectivity index (χ3v) is 2.72. The summed E-state index contributed by atoms with van der Waals surface area (Å²) in [5.74, 6) is 1.61. The van der Waals surface area contributed by atoms with Gasteiger partial charge in [0.25, 0.3) is 0 Å². The van der Waals surface area contributed by atoms with Gasteiger partial charge in [-0.3, -0.25) is 4.79 Å². The van der Waals surface area contributed by atoms with E-state index in [2.05, 4.69) is 0 Å². The molecule has 0 aliphatic rings. The summed E-state index contributed by atoms with van der Waals surface area (Å²) >= 11 is 0. The Morgan fingerprint density at radius 3 is 2.10 bits per heavy atom. The smallest absolute Gasteiger partial charge is 0.150 e. The van der Waals surface area contributed by atoms with Crippen LogP contribution in [0.4, 0.5) is 0 Å². The van der Waals surface area contributed by atoms with Crippen LogP contribution < -0.4 is 9.47 Å². The lowest BCUT2D eigenvalue weighted by Crippen LogP contribution is -2.05. The highest BCUT2D eigenvalue weighted by molar-refractivity contribution is 5.74. The highest BCUT2D eigenvalue weighted by Crippen LogP contribution is 2.16. The van der Waals surface area contributed by atoms with E-state index in [0.717, 1.165) is 23.3 Å². The maximum atomic E-state index is 10.6. The Hall–Kier alpha value is -2.29. The molecule has 0 spiro atoms. The molecule has 0 atom stereocenters. The lowest BCUT2D eigenvalue weighted by atomic mass is 10.2. The van der Waals surface area contributed by atoms with Crippen LogP contribution in [0.15, 0.2) is 48.5 Å². The lowest BCUT2D eigenvalue weighted by Gasteiger charge is -2.10. The Bertz CT molecular complexity index is 541. The maximum Gasteiger partial charge on any atom is 0.150 e. The summed E-state index contributed by atoms with van der Waals surface area (Å²) in [7, 11) is 0. The molecular formula is C17H18O3. The number of ether oxygens (including phenoxy) is 2. The molecule has 0 amide bonds. The molecule has 3 heteroatoms. The van der Waals surface area contributed by atoms with Crippen LogP contribution in [0.3, 0.4) is 0 Å². The number of carbonyl (C=O) groups excluding carboxylic acids is 1. The molecule has 2 aromatic carbocycles. The van der Waals surface area contributed by atoms with Crippen LogP contribution >= 0.6 is 0 Å². The van der Waals surface area contributed by atoms with Gasteiger partial charge in [0.15, 0.2) is 0 Å². The van der Waals surface area contributed by atoms with E-state index in [4.69, 9.17) is 9.47 Å². The van der Waals surface area contributed by atoms with Gasteiger partial charge in [-0.2, -0.15) is 0 Å². The Morgan fingerprint density at radius 1 is 0.950 bits per heavy atom. The molecule has 0 bridgehead atoms. The predicted octanol–water partition coefficient (Wildman–Crippen LogP) is 3.87. The zero-order chi connectivity index (χ0) is 14.4. The molecule has 3 nitrogen and oxygen atoms in total. The molecule has 104 valence electrons. The van der Waals surface area contributed by atoms with Gasteiger partial charge in [-0.15, -0.1) is 0 Å². The monoisotopic (exact) mass is 270 g/mol. The minimum absolute atomic E-state index is 0.174. The highest BCUT2D eigenvalue weighted by atomic mass is 16.5. The summed E-state index contributed by atoms with van der Waals surface area (Å²) in [5, 5.41) is 0. The number of benzene rings is 2. The van der Waals surface area contributed by atoms with E-state index in [9.17, 15) is 4.79 Å². The van der Waals surface area contributed by atoms with Gasteiger partial charge >= 0.3 is 0 Å². The van der Waals surface area contributed by atoms with Crippen LogP contribution in [-0.4, -0.2) is 12.4 Å². The van der Waals surface area contributed by atoms with Crippen LogP contribution in [0.25, 0.3) is 0 Å². The first-order valence-electron chi connectivity index (χ1n) is 6.61. The summed E-state index contributed by atoms with van der Waals surface area (Å²) in [6.45, 7) is 4.49. The number of hydrogen-bond donors (Lipinski definition) is 0. The molecule has 2 rings (SSSR count). The van der Waals surface area contributed by atoms with Gasteiger partial charge < -0.3 is 9.47 Å². The van der Waals surface area contributed by atoms with E-state index in [1.807, 2.05) is 38.1 Å². The van der Waals surface area contributed by atoms with E-state index in [0.29, 0.717) is 12.2 Å². The van der Waals surface area contributed by atoms with Crippen LogP contribution in [-0.2, 0) is 6.61 Å². The van der Waals surface area contributed by atoms with Gasteiger partial charge in [0.2, 0.25) is 0 Å². The van der Waals surface area contributed by atoms with Crippen molar-refractivity contribution in [3.8, 4) is 11.5 Å². The van der Waals surface area contributed by atoms with Crippen LogP contribution in [0.2, 0.25) is 0 Å². The minimum atomic E-state index is 0.174. The van der Waals surface area contributed by atoms with Crippen LogP contribution in [0.5, 0.6) is 11.5 Å². The fourth-order valence-corrected chi connectivity index (χ4v) is 1.75. The normalized spacial score (nSPS) is 10.3. The van der Waals surface area contributed by atoms with E-state index in [1.165, 1.54) is 0 Å². The lowest BCUT2D eigenvalue weighted by molar-refractivity contribution is 0.112. The molecule has 0 aliphatic heterocycles. The molecule has 0 heterocycles. The Labute approximate surface area is 119 Å². The molecule has 2 aromatic rings. The van der Waals surface area contributed by atoms with E-state index >= 15 is 0 Å². The van der Waals surface area contributed by atoms with E-state index in [-0.39, 0.29) is 6.10 Å². The topological polar surface area (TPSA) is 35.5 Å². The molecule has 20 heavy (non-hydrogen) atoms. The Kier molecular flexibility index (Phi) is 4.77. The van der Waals surface area contributed by atoms with Crippen molar-refractivity contribution in [2.45, 2.75) is 26.6 Å². The number of aldehydes is 1. The molecule has 0 saturated carbocycles. The van der Waals surface area contributed by atoms with Crippen molar-refractivity contribution < 1.29 is 14.3 Å². The second-order valence-electron chi connectivity index (χ2n) is 4.79. The summed E-state index contributed by atoms with van der Waals surface area (Å²) in [6.07, 6.45) is 0.991. The molecule has 0 aromatic heterocycles. The first-order chi connectivity index (χ1) is 9.67. The highest BCUT2D eigenvalue weighted by Gasteiger charge is 2.00. The summed E-state index contributed by atoms with van der Waals surface area (Å²) in [4.78, 5) is 10.6. The zero-order valence-electron chi connectivity index (χ0n) is 11.7. The summed E-state index contributed by atoms with van der Waals surface area (Å²) in [6, 6.07) is 14.9. The Balaban J connectivity index is 1.91. The molecule has 0 fully saturated rings. The number of hydrogen-bond acceptors (Lipinski definition) is 3. The van der Waals surface area contributed by atoms with Crippen molar-refractivity contribution in [1.29, 1.82) is 0 Å². The third-order valence-electron chi connectivity index (χ3n) is 2.72. The van der Waals surface area contributed by atoms with Crippen LogP contribution in [0, 0.1) is 0 Å². The molecule has 0 saturated heterocycles. The predicted molar refractivity (Wildman–Crippen MR) is 78.4 cm³/mol. The average Bonchev–Trinajstić information content (AvgIpc) is 2.46. The maximum absolute atomic E-state index is 10.6. The van der Waals surface area contributed by atoms with Crippen molar-refractivity contribution >= 4 is 6.29 Å². The number of rotatable bonds is 6. The fourth-order valence-electron chi connectivity index (χ4n) is 1.75. The average molecular weight is 270 g/mol. The van der Waals surface area contributed by atoms with Gasteiger partial charge in [0.1, 0.15) is 24.4 Å². The van der Waals surface area contributed by atoms with Crippen molar-refractivity contribution in [1.82, 2.24) is 0 Å². The SMILES string of the molecule is CC(C)Oc1ccc(COc2ccc(C=O)cc2)cc1. The number of carbonyl (C=O) groups is 1. The summed E-state index contributed by atoms with van der Waals surface area (Å²) in [5.41, 5.74) is 1.72. The second kappa shape index (κ2) is 6.75. The van der Waals surface area contributed by atoms with Gasteiger partial charge in [-0.25, -0.2) is 0 Å². The standard InChI is InChI=1S/C17H18O3/c1-13(2)20-17-9-5-15(6-10-17)12-19-16-7-3-14(11-18)4-8-16/h3-11,13H,12H2,1-2H3. The van der Waals surface area contributed by atoms with Crippen molar-refractivity contribution in [3.63, 3.8) is 0 Å². The largest absolute Gasteiger partial charge is 0.491 e. The third kappa shape index (κ3) is 4.12. The van der Waals surface area contributed by atoms with Gasteiger partial charge in [-0.05, 0) is 55.8 Å². The zero-order valence-corrected chi connectivity index (χ0v) is 11.7.